The van der Waals surface area contributed by atoms with Gasteiger partial charge in [0.2, 0.25) is 0 Å². The van der Waals surface area contributed by atoms with Gasteiger partial charge in [-0.3, -0.25) is 4.98 Å². The lowest BCUT2D eigenvalue weighted by atomic mass is 9.82. The van der Waals surface area contributed by atoms with Crippen molar-refractivity contribution in [2.45, 2.75) is 25.4 Å². The van der Waals surface area contributed by atoms with Crippen molar-refractivity contribution in [1.82, 2.24) is 4.98 Å². The molecule has 0 bridgehead atoms. The Morgan fingerprint density at radius 1 is 1.41 bits per heavy atom. The van der Waals surface area contributed by atoms with Crippen LogP contribution in [0, 0.1) is 0 Å². The number of pyridine rings is 1. The summed E-state index contributed by atoms with van der Waals surface area (Å²) in [5.41, 5.74) is 0.326. The standard InChI is InChI=1S/C11H16BNO4/c14-12(15)9-5-11(7-13-6-9)17-8-10-3-1-2-4-16-10/h5-7,10,14-15H,1-4,8H2. The Hall–Kier alpha value is -1.11. The third-order valence-corrected chi connectivity index (χ3v) is 2.74. The molecule has 0 radical (unpaired) electrons. The zero-order valence-electron chi connectivity index (χ0n) is 9.58. The van der Waals surface area contributed by atoms with E-state index in [4.69, 9.17) is 19.5 Å². The Kier molecular flexibility index (Phi) is 4.36. The van der Waals surface area contributed by atoms with Gasteiger partial charge in [0.25, 0.3) is 0 Å². The fourth-order valence-corrected chi connectivity index (χ4v) is 1.78. The smallest absolute Gasteiger partial charge is 0.489 e. The van der Waals surface area contributed by atoms with Crippen molar-refractivity contribution in [2.75, 3.05) is 13.2 Å². The molecule has 1 atom stereocenters. The summed E-state index contributed by atoms with van der Waals surface area (Å²) in [6, 6.07) is 1.57. The van der Waals surface area contributed by atoms with Gasteiger partial charge in [0, 0.05) is 18.3 Å². The van der Waals surface area contributed by atoms with E-state index in [0.29, 0.717) is 17.8 Å². The molecular weight excluding hydrogens is 221 g/mol. The largest absolute Gasteiger partial charge is 0.490 e. The Labute approximate surface area is 101 Å². The molecule has 1 aromatic rings. The highest BCUT2D eigenvalue weighted by Crippen LogP contribution is 2.14. The quantitative estimate of drug-likeness (QED) is 0.704. The minimum Gasteiger partial charge on any atom is -0.489 e. The predicted octanol–water partition coefficient (Wildman–Crippen LogP) is -0.291. The van der Waals surface area contributed by atoms with Crippen molar-refractivity contribution in [2.24, 2.45) is 0 Å². The molecule has 2 rings (SSSR count). The summed E-state index contributed by atoms with van der Waals surface area (Å²) >= 11 is 0. The molecule has 1 fully saturated rings. The van der Waals surface area contributed by atoms with Crippen LogP contribution in [0.2, 0.25) is 0 Å². The molecule has 92 valence electrons. The van der Waals surface area contributed by atoms with Crippen molar-refractivity contribution in [3.8, 4) is 5.75 Å². The molecule has 0 aliphatic carbocycles. The number of aromatic nitrogens is 1. The second kappa shape index (κ2) is 6.00. The Morgan fingerprint density at radius 3 is 3.00 bits per heavy atom. The average Bonchev–Trinajstić information content (AvgIpc) is 2.38. The van der Waals surface area contributed by atoms with Gasteiger partial charge in [-0.2, -0.15) is 0 Å². The summed E-state index contributed by atoms with van der Waals surface area (Å²) in [7, 11) is -1.52. The van der Waals surface area contributed by atoms with E-state index in [9.17, 15) is 0 Å². The first-order chi connectivity index (χ1) is 8.25. The molecule has 1 aromatic heterocycles. The highest BCUT2D eigenvalue weighted by atomic mass is 16.5. The van der Waals surface area contributed by atoms with Crippen molar-refractivity contribution in [3.63, 3.8) is 0 Å². The van der Waals surface area contributed by atoms with Gasteiger partial charge in [0.05, 0.1) is 12.3 Å². The summed E-state index contributed by atoms with van der Waals surface area (Å²) < 4.78 is 11.1. The topological polar surface area (TPSA) is 71.8 Å². The maximum Gasteiger partial charge on any atom is 0.490 e. The normalized spacial score (nSPS) is 20.0. The van der Waals surface area contributed by atoms with Gasteiger partial charge >= 0.3 is 7.12 Å². The molecule has 1 saturated heterocycles. The molecular formula is C11H16BNO4. The molecule has 2 heterocycles. The third kappa shape index (κ3) is 3.69. The zero-order chi connectivity index (χ0) is 12.1. The van der Waals surface area contributed by atoms with E-state index in [1.54, 1.807) is 12.3 Å². The van der Waals surface area contributed by atoms with E-state index >= 15 is 0 Å². The molecule has 5 nitrogen and oxygen atoms in total. The first-order valence-electron chi connectivity index (χ1n) is 5.81. The van der Waals surface area contributed by atoms with E-state index in [-0.39, 0.29) is 6.10 Å². The first-order valence-corrected chi connectivity index (χ1v) is 5.81. The fraction of sp³-hybridized carbons (Fsp3) is 0.545. The van der Waals surface area contributed by atoms with Crippen LogP contribution in [0.5, 0.6) is 5.75 Å². The first kappa shape index (κ1) is 12.4. The summed E-state index contributed by atoms with van der Waals surface area (Å²) in [4.78, 5) is 3.88. The monoisotopic (exact) mass is 237 g/mol. The van der Waals surface area contributed by atoms with Crippen LogP contribution in [0.15, 0.2) is 18.5 Å². The van der Waals surface area contributed by atoms with Crippen LogP contribution >= 0.6 is 0 Å². The van der Waals surface area contributed by atoms with Crippen LogP contribution in [-0.2, 0) is 4.74 Å². The molecule has 1 aliphatic rings. The molecule has 1 aliphatic heterocycles. The van der Waals surface area contributed by atoms with Crippen LogP contribution in [0.4, 0.5) is 0 Å². The molecule has 2 N–H and O–H groups in total. The third-order valence-electron chi connectivity index (χ3n) is 2.74. The molecule has 0 amide bonds. The minimum atomic E-state index is -1.52. The zero-order valence-corrected chi connectivity index (χ0v) is 9.58. The molecule has 1 unspecified atom stereocenters. The number of ether oxygens (including phenoxy) is 2. The molecule has 0 spiro atoms. The SMILES string of the molecule is OB(O)c1cncc(OCC2CCCCO2)c1. The lowest BCUT2D eigenvalue weighted by Gasteiger charge is -2.22. The van der Waals surface area contributed by atoms with E-state index in [1.165, 1.54) is 12.6 Å². The van der Waals surface area contributed by atoms with E-state index < -0.39 is 7.12 Å². The summed E-state index contributed by atoms with van der Waals surface area (Å²) in [6.07, 6.45) is 6.37. The number of hydrogen-bond acceptors (Lipinski definition) is 5. The van der Waals surface area contributed by atoms with Crippen molar-refractivity contribution in [1.29, 1.82) is 0 Å². The van der Waals surface area contributed by atoms with Crippen molar-refractivity contribution >= 4 is 12.6 Å². The van der Waals surface area contributed by atoms with Gasteiger partial charge in [0.15, 0.2) is 0 Å². The van der Waals surface area contributed by atoms with Crippen molar-refractivity contribution < 1.29 is 19.5 Å². The lowest BCUT2D eigenvalue weighted by Crippen LogP contribution is -2.30. The van der Waals surface area contributed by atoms with Crippen molar-refractivity contribution in [3.05, 3.63) is 18.5 Å². The number of rotatable bonds is 4. The maximum absolute atomic E-state index is 9.00. The minimum absolute atomic E-state index is 0.131. The summed E-state index contributed by atoms with van der Waals surface area (Å²) in [5.74, 6) is 0.532. The van der Waals surface area contributed by atoms with E-state index in [1.807, 2.05) is 0 Å². The van der Waals surface area contributed by atoms with Crippen LogP contribution < -0.4 is 10.2 Å². The number of hydrogen-bond donors (Lipinski definition) is 2. The predicted molar refractivity (Wildman–Crippen MR) is 63.1 cm³/mol. The molecule has 0 aromatic carbocycles. The molecule has 6 heteroatoms. The van der Waals surface area contributed by atoms with Crippen LogP contribution in [0.25, 0.3) is 0 Å². The Balaban J connectivity index is 1.87. The summed E-state index contributed by atoms with van der Waals surface area (Å²) in [6.45, 7) is 1.27. The highest BCUT2D eigenvalue weighted by molar-refractivity contribution is 6.58. The van der Waals surface area contributed by atoms with Gasteiger partial charge < -0.3 is 19.5 Å². The second-order valence-electron chi connectivity index (χ2n) is 4.13. The van der Waals surface area contributed by atoms with Gasteiger partial charge in [-0.15, -0.1) is 0 Å². The van der Waals surface area contributed by atoms with E-state index in [0.717, 1.165) is 19.4 Å². The van der Waals surface area contributed by atoms with E-state index in [2.05, 4.69) is 4.98 Å². The summed E-state index contributed by atoms with van der Waals surface area (Å²) in [5, 5.41) is 18.0. The van der Waals surface area contributed by atoms with Gasteiger partial charge in [-0.1, -0.05) is 0 Å². The fourth-order valence-electron chi connectivity index (χ4n) is 1.78. The van der Waals surface area contributed by atoms with Crippen LogP contribution in [0.1, 0.15) is 19.3 Å². The lowest BCUT2D eigenvalue weighted by molar-refractivity contribution is -0.0111. The highest BCUT2D eigenvalue weighted by Gasteiger charge is 2.16. The Morgan fingerprint density at radius 2 is 2.29 bits per heavy atom. The number of nitrogens with zero attached hydrogens (tertiary/aromatic N) is 1. The van der Waals surface area contributed by atoms with Crippen LogP contribution in [0.3, 0.4) is 0 Å². The van der Waals surface area contributed by atoms with Gasteiger partial charge in [-0.05, 0) is 25.3 Å². The van der Waals surface area contributed by atoms with Gasteiger partial charge in [0.1, 0.15) is 12.4 Å². The maximum atomic E-state index is 9.00. The average molecular weight is 237 g/mol. The molecule has 0 saturated carbocycles. The van der Waals surface area contributed by atoms with Gasteiger partial charge in [-0.25, -0.2) is 0 Å². The molecule has 17 heavy (non-hydrogen) atoms. The second-order valence-corrected chi connectivity index (χ2v) is 4.13. The van der Waals surface area contributed by atoms with Crippen LogP contribution in [-0.4, -0.2) is 41.5 Å². The Bertz CT molecular complexity index is 355.